The summed E-state index contributed by atoms with van der Waals surface area (Å²) in [7, 11) is 0. The van der Waals surface area contributed by atoms with E-state index in [1.54, 1.807) is 12.1 Å². The van der Waals surface area contributed by atoms with Crippen LogP contribution in [0.3, 0.4) is 0 Å². The first-order valence-corrected chi connectivity index (χ1v) is 7.47. The molecule has 0 aliphatic heterocycles. The molecule has 1 aromatic carbocycles. The quantitative estimate of drug-likeness (QED) is 0.740. The van der Waals surface area contributed by atoms with Gasteiger partial charge in [-0.05, 0) is 49.8 Å². The molecule has 1 aliphatic rings. The lowest BCUT2D eigenvalue weighted by atomic mass is 9.97. The molecule has 1 fully saturated rings. The number of hydrogen-bond donors (Lipinski definition) is 3. The van der Waals surface area contributed by atoms with Gasteiger partial charge in [-0.1, -0.05) is 13.8 Å². The third-order valence-electron chi connectivity index (χ3n) is 4.43. The summed E-state index contributed by atoms with van der Waals surface area (Å²) >= 11 is 0. The van der Waals surface area contributed by atoms with Crippen molar-refractivity contribution in [3.05, 3.63) is 23.8 Å². The summed E-state index contributed by atoms with van der Waals surface area (Å²) in [5.41, 5.74) is 8.07. The van der Waals surface area contributed by atoms with Gasteiger partial charge in [0.25, 0.3) is 5.91 Å². The fourth-order valence-electron chi connectivity index (χ4n) is 2.90. The van der Waals surface area contributed by atoms with Crippen molar-refractivity contribution >= 4 is 17.3 Å². The molecule has 0 radical (unpaired) electrons. The third kappa shape index (κ3) is 3.06. The molecular formula is C16H25N3O. The van der Waals surface area contributed by atoms with Gasteiger partial charge in [-0.2, -0.15) is 0 Å². The number of carbonyl (C=O) groups is 1. The molecule has 3 atom stereocenters. The Labute approximate surface area is 121 Å². The number of anilines is 2. The standard InChI is InChI=1S/C16H25N3O/c1-4-18-16(20)13-7-6-12(17)9-15(13)19-14-8-5-10(2)11(14)3/h6-7,9-11,14,19H,4-5,8,17H2,1-3H3,(H,18,20). The van der Waals surface area contributed by atoms with Gasteiger partial charge in [0.2, 0.25) is 0 Å². The van der Waals surface area contributed by atoms with E-state index < -0.39 is 0 Å². The molecule has 20 heavy (non-hydrogen) atoms. The van der Waals surface area contributed by atoms with E-state index in [4.69, 9.17) is 5.73 Å². The van der Waals surface area contributed by atoms with E-state index in [0.29, 0.717) is 29.8 Å². The van der Waals surface area contributed by atoms with Gasteiger partial charge in [-0.25, -0.2) is 0 Å². The van der Waals surface area contributed by atoms with Crippen LogP contribution in [0.15, 0.2) is 18.2 Å². The molecule has 4 nitrogen and oxygen atoms in total. The summed E-state index contributed by atoms with van der Waals surface area (Å²) in [6, 6.07) is 5.85. The van der Waals surface area contributed by atoms with Gasteiger partial charge in [-0.3, -0.25) is 4.79 Å². The minimum atomic E-state index is -0.0475. The molecule has 2 rings (SSSR count). The van der Waals surface area contributed by atoms with Crippen molar-refractivity contribution in [1.82, 2.24) is 5.32 Å². The smallest absolute Gasteiger partial charge is 0.253 e. The number of nitrogen functional groups attached to an aromatic ring is 1. The highest BCUT2D eigenvalue weighted by molar-refractivity contribution is 6.00. The summed E-state index contributed by atoms with van der Waals surface area (Å²) < 4.78 is 0. The summed E-state index contributed by atoms with van der Waals surface area (Å²) in [5, 5.41) is 6.38. The molecule has 110 valence electrons. The van der Waals surface area contributed by atoms with Crippen LogP contribution >= 0.6 is 0 Å². The van der Waals surface area contributed by atoms with E-state index in [1.807, 2.05) is 13.0 Å². The minimum absolute atomic E-state index is 0.0475. The summed E-state index contributed by atoms with van der Waals surface area (Å²) in [4.78, 5) is 12.1. The molecule has 0 spiro atoms. The summed E-state index contributed by atoms with van der Waals surface area (Å²) in [6.07, 6.45) is 2.38. The van der Waals surface area contributed by atoms with Crippen LogP contribution in [-0.4, -0.2) is 18.5 Å². The number of benzene rings is 1. The van der Waals surface area contributed by atoms with Gasteiger partial charge in [-0.15, -0.1) is 0 Å². The van der Waals surface area contributed by atoms with Crippen LogP contribution in [0.4, 0.5) is 11.4 Å². The second kappa shape index (κ2) is 6.16. The van der Waals surface area contributed by atoms with Crippen molar-refractivity contribution < 1.29 is 4.79 Å². The van der Waals surface area contributed by atoms with E-state index in [0.717, 1.165) is 18.0 Å². The zero-order valence-corrected chi connectivity index (χ0v) is 12.6. The second-order valence-electron chi connectivity index (χ2n) is 5.83. The van der Waals surface area contributed by atoms with Crippen molar-refractivity contribution in [3.63, 3.8) is 0 Å². The maximum absolute atomic E-state index is 12.1. The number of carbonyl (C=O) groups excluding carboxylic acids is 1. The van der Waals surface area contributed by atoms with Crippen molar-refractivity contribution in [2.45, 2.75) is 39.7 Å². The largest absolute Gasteiger partial charge is 0.399 e. The highest BCUT2D eigenvalue weighted by Crippen LogP contribution is 2.34. The first kappa shape index (κ1) is 14.7. The topological polar surface area (TPSA) is 67.2 Å². The van der Waals surface area contributed by atoms with Crippen LogP contribution in [0.2, 0.25) is 0 Å². The molecular weight excluding hydrogens is 250 g/mol. The number of nitrogens with two attached hydrogens (primary N) is 1. The van der Waals surface area contributed by atoms with E-state index in [1.165, 1.54) is 6.42 Å². The van der Waals surface area contributed by atoms with Crippen molar-refractivity contribution in [1.29, 1.82) is 0 Å². The number of amides is 1. The highest BCUT2D eigenvalue weighted by atomic mass is 16.1. The fraction of sp³-hybridized carbons (Fsp3) is 0.562. The molecule has 0 bridgehead atoms. The average molecular weight is 275 g/mol. The van der Waals surface area contributed by atoms with Crippen LogP contribution in [0, 0.1) is 11.8 Å². The molecule has 1 aliphatic carbocycles. The van der Waals surface area contributed by atoms with Crippen molar-refractivity contribution in [2.24, 2.45) is 11.8 Å². The summed E-state index contributed by atoms with van der Waals surface area (Å²) in [6.45, 7) is 7.10. The second-order valence-corrected chi connectivity index (χ2v) is 5.83. The Morgan fingerprint density at radius 2 is 2.10 bits per heavy atom. The molecule has 0 heterocycles. The first-order valence-electron chi connectivity index (χ1n) is 7.47. The molecule has 1 amide bonds. The number of hydrogen-bond acceptors (Lipinski definition) is 3. The van der Waals surface area contributed by atoms with E-state index in [9.17, 15) is 4.79 Å². The normalized spacial score (nSPS) is 25.4. The lowest BCUT2D eigenvalue weighted by molar-refractivity contribution is 0.0956. The number of rotatable bonds is 4. The molecule has 4 N–H and O–H groups in total. The Balaban J connectivity index is 2.21. The Morgan fingerprint density at radius 3 is 2.70 bits per heavy atom. The Kier molecular flexibility index (Phi) is 4.53. The average Bonchev–Trinajstić information content (AvgIpc) is 2.71. The zero-order valence-electron chi connectivity index (χ0n) is 12.6. The Hall–Kier alpha value is -1.71. The van der Waals surface area contributed by atoms with Crippen LogP contribution in [0.25, 0.3) is 0 Å². The van der Waals surface area contributed by atoms with Crippen LogP contribution in [0.5, 0.6) is 0 Å². The Bertz CT molecular complexity index is 487. The first-order chi connectivity index (χ1) is 9.52. The number of nitrogens with one attached hydrogen (secondary N) is 2. The van der Waals surface area contributed by atoms with Gasteiger partial charge < -0.3 is 16.4 Å². The van der Waals surface area contributed by atoms with E-state index >= 15 is 0 Å². The van der Waals surface area contributed by atoms with Crippen LogP contribution in [0.1, 0.15) is 44.0 Å². The van der Waals surface area contributed by atoms with E-state index in [2.05, 4.69) is 24.5 Å². The molecule has 0 saturated heterocycles. The van der Waals surface area contributed by atoms with E-state index in [-0.39, 0.29) is 5.91 Å². The monoisotopic (exact) mass is 275 g/mol. The maximum atomic E-state index is 12.1. The fourth-order valence-corrected chi connectivity index (χ4v) is 2.90. The molecule has 1 saturated carbocycles. The van der Waals surface area contributed by atoms with Gasteiger partial charge in [0, 0.05) is 24.0 Å². The van der Waals surface area contributed by atoms with Crippen LogP contribution in [-0.2, 0) is 0 Å². The lowest BCUT2D eigenvalue weighted by Crippen LogP contribution is -2.28. The predicted octanol–water partition coefficient (Wildman–Crippen LogP) is 2.87. The SMILES string of the molecule is CCNC(=O)c1ccc(N)cc1NC1CCC(C)C1C. The van der Waals surface area contributed by atoms with Gasteiger partial charge >= 0.3 is 0 Å². The van der Waals surface area contributed by atoms with Gasteiger partial charge in [0.15, 0.2) is 0 Å². The van der Waals surface area contributed by atoms with Gasteiger partial charge in [0.05, 0.1) is 5.56 Å². The molecule has 0 aromatic heterocycles. The third-order valence-corrected chi connectivity index (χ3v) is 4.43. The highest BCUT2D eigenvalue weighted by Gasteiger charge is 2.30. The minimum Gasteiger partial charge on any atom is -0.399 e. The predicted molar refractivity (Wildman–Crippen MR) is 83.8 cm³/mol. The summed E-state index contributed by atoms with van der Waals surface area (Å²) in [5.74, 6) is 1.29. The van der Waals surface area contributed by atoms with Crippen LogP contribution < -0.4 is 16.4 Å². The van der Waals surface area contributed by atoms with Crippen molar-refractivity contribution in [2.75, 3.05) is 17.6 Å². The van der Waals surface area contributed by atoms with Crippen molar-refractivity contribution in [3.8, 4) is 0 Å². The molecule has 3 unspecified atom stereocenters. The lowest BCUT2D eigenvalue weighted by Gasteiger charge is -2.22. The Morgan fingerprint density at radius 1 is 1.35 bits per heavy atom. The maximum Gasteiger partial charge on any atom is 0.253 e. The molecule has 1 aromatic rings. The molecule has 4 heteroatoms. The zero-order chi connectivity index (χ0) is 14.7. The van der Waals surface area contributed by atoms with Gasteiger partial charge in [0.1, 0.15) is 0 Å².